The first-order valence-electron chi connectivity index (χ1n) is 7.69. The number of aryl methyl sites for hydroxylation is 1. The fourth-order valence-electron chi connectivity index (χ4n) is 2.28. The summed E-state index contributed by atoms with van der Waals surface area (Å²) < 4.78 is 32.5. The summed E-state index contributed by atoms with van der Waals surface area (Å²) in [6.07, 6.45) is 0. The van der Waals surface area contributed by atoms with E-state index in [1.165, 1.54) is 19.1 Å². The molecule has 0 atom stereocenters. The molecule has 0 unspecified atom stereocenters. The highest BCUT2D eigenvalue weighted by molar-refractivity contribution is 7.93. The van der Waals surface area contributed by atoms with Gasteiger partial charge in [-0.3, -0.25) is 9.52 Å². The molecule has 0 aliphatic heterocycles. The van der Waals surface area contributed by atoms with Crippen LogP contribution in [0.2, 0.25) is 0 Å². The fraction of sp³-hybridized carbons (Fsp3) is 0.111. The molecular formula is C18H16N2O4S2. The molecule has 1 heterocycles. The lowest BCUT2D eigenvalue weighted by molar-refractivity contribution is -0.131. The van der Waals surface area contributed by atoms with E-state index in [1.54, 1.807) is 19.1 Å². The second kappa shape index (κ2) is 7.27. The minimum atomic E-state index is -3.79. The molecule has 26 heavy (non-hydrogen) atoms. The number of ether oxygens (including phenoxy) is 1. The maximum Gasteiger partial charge on any atom is 0.308 e. The molecule has 6 nitrogen and oxygen atoms in total. The first-order valence-corrected chi connectivity index (χ1v) is 9.99. The van der Waals surface area contributed by atoms with Gasteiger partial charge in [-0.1, -0.05) is 53.8 Å². The molecule has 0 amide bonds. The summed E-state index contributed by atoms with van der Waals surface area (Å²) in [6.45, 7) is 2.92. The Kier molecular flexibility index (Phi) is 5.06. The van der Waals surface area contributed by atoms with Gasteiger partial charge in [0, 0.05) is 6.92 Å². The summed E-state index contributed by atoms with van der Waals surface area (Å²) in [6, 6.07) is 16.3. The Morgan fingerprint density at radius 1 is 1.04 bits per heavy atom. The Morgan fingerprint density at radius 2 is 1.65 bits per heavy atom. The number of sulfonamides is 1. The summed E-state index contributed by atoms with van der Waals surface area (Å²) in [5.74, 6) is -0.484. The van der Waals surface area contributed by atoms with Crippen molar-refractivity contribution in [3.63, 3.8) is 0 Å². The van der Waals surface area contributed by atoms with Gasteiger partial charge in [0.1, 0.15) is 0 Å². The van der Waals surface area contributed by atoms with Crippen LogP contribution in [-0.4, -0.2) is 19.4 Å². The number of carbonyl (C=O) groups is 1. The van der Waals surface area contributed by atoms with Gasteiger partial charge in [-0.05, 0) is 30.2 Å². The number of nitrogens with zero attached hydrogens (tertiary/aromatic N) is 1. The van der Waals surface area contributed by atoms with Gasteiger partial charge in [0.25, 0.3) is 10.0 Å². The third-order valence-corrected chi connectivity index (χ3v) is 5.92. The van der Waals surface area contributed by atoms with Crippen LogP contribution in [0.25, 0.3) is 11.1 Å². The van der Waals surface area contributed by atoms with Crippen molar-refractivity contribution in [2.45, 2.75) is 18.7 Å². The molecule has 0 aliphatic carbocycles. The maximum atomic E-state index is 12.5. The first kappa shape index (κ1) is 18.1. The zero-order chi connectivity index (χ0) is 18.7. The molecule has 134 valence electrons. The molecule has 3 aromatic rings. The summed E-state index contributed by atoms with van der Waals surface area (Å²) in [7, 11) is -3.79. The largest absolute Gasteiger partial charge is 0.413 e. The van der Waals surface area contributed by atoms with Gasteiger partial charge in [-0.15, -0.1) is 0 Å². The second-order valence-electron chi connectivity index (χ2n) is 5.48. The van der Waals surface area contributed by atoms with E-state index in [4.69, 9.17) is 4.74 Å². The molecule has 1 N–H and O–H groups in total. The number of aromatic nitrogens is 1. The number of esters is 1. The van der Waals surface area contributed by atoms with Crippen LogP contribution in [-0.2, 0) is 14.8 Å². The van der Waals surface area contributed by atoms with Crippen molar-refractivity contribution in [1.82, 2.24) is 4.98 Å². The molecule has 0 fully saturated rings. The van der Waals surface area contributed by atoms with E-state index < -0.39 is 16.0 Å². The number of anilines is 1. The summed E-state index contributed by atoms with van der Waals surface area (Å²) in [5, 5.41) is 0.417. The summed E-state index contributed by atoms with van der Waals surface area (Å²) in [5.41, 5.74) is 2.38. The monoisotopic (exact) mass is 388 g/mol. The zero-order valence-electron chi connectivity index (χ0n) is 14.1. The Hall–Kier alpha value is -2.71. The minimum absolute atomic E-state index is 0.124. The van der Waals surface area contributed by atoms with Gasteiger partial charge in [-0.2, -0.15) is 0 Å². The van der Waals surface area contributed by atoms with Crippen molar-refractivity contribution < 1.29 is 17.9 Å². The van der Waals surface area contributed by atoms with Crippen molar-refractivity contribution in [3.05, 3.63) is 60.3 Å². The number of rotatable bonds is 5. The Labute approximate surface area is 155 Å². The average molecular weight is 388 g/mol. The predicted octanol–water partition coefficient (Wildman–Crippen LogP) is 3.84. The minimum Gasteiger partial charge on any atom is -0.413 e. The summed E-state index contributed by atoms with van der Waals surface area (Å²) in [4.78, 5) is 15.3. The predicted molar refractivity (Wildman–Crippen MR) is 101 cm³/mol. The van der Waals surface area contributed by atoms with Gasteiger partial charge in [0.15, 0.2) is 5.13 Å². The second-order valence-corrected chi connectivity index (χ2v) is 8.13. The molecule has 1 aromatic heterocycles. The molecule has 3 rings (SSSR count). The number of hydrogen-bond acceptors (Lipinski definition) is 6. The fourth-order valence-corrected chi connectivity index (χ4v) is 4.38. The number of thiazole rings is 1. The lowest BCUT2D eigenvalue weighted by Crippen LogP contribution is -2.12. The lowest BCUT2D eigenvalue weighted by atomic mass is 10.1. The van der Waals surface area contributed by atoms with Crippen molar-refractivity contribution in [3.8, 4) is 16.2 Å². The standard InChI is InChI=1S/C18H16N2O4S2/c1-12-17(24-13(2)21)25-18(19-12)20-26(22,23)16-10-8-15(9-11-16)14-6-4-3-5-7-14/h3-11H,1-2H3,(H,19,20). The van der Waals surface area contributed by atoms with E-state index in [0.717, 1.165) is 22.5 Å². The SMILES string of the molecule is CC(=O)Oc1sc(NS(=O)(=O)c2ccc(-c3ccccc3)cc2)nc1C. The lowest BCUT2D eigenvalue weighted by Gasteiger charge is -2.06. The molecule has 0 saturated heterocycles. The van der Waals surface area contributed by atoms with Crippen molar-refractivity contribution in [1.29, 1.82) is 0 Å². The van der Waals surface area contributed by atoms with Gasteiger partial charge in [0.05, 0.1) is 10.6 Å². The van der Waals surface area contributed by atoms with E-state index in [1.807, 2.05) is 30.3 Å². The molecule has 0 radical (unpaired) electrons. The van der Waals surface area contributed by atoms with E-state index in [0.29, 0.717) is 5.69 Å². The van der Waals surface area contributed by atoms with Gasteiger partial charge in [0.2, 0.25) is 5.06 Å². The van der Waals surface area contributed by atoms with E-state index in [2.05, 4.69) is 9.71 Å². The summed E-state index contributed by atoms with van der Waals surface area (Å²) >= 11 is 0.965. The molecule has 0 aliphatic rings. The molecule has 8 heteroatoms. The Morgan fingerprint density at radius 3 is 2.27 bits per heavy atom. The molecular weight excluding hydrogens is 372 g/mol. The molecule has 0 spiro atoms. The smallest absolute Gasteiger partial charge is 0.308 e. The van der Waals surface area contributed by atoms with Gasteiger partial charge >= 0.3 is 5.97 Å². The first-order chi connectivity index (χ1) is 12.3. The topological polar surface area (TPSA) is 85.4 Å². The Bertz CT molecular complexity index is 1030. The van der Waals surface area contributed by atoms with Crippen LogP contribution in [0.5, 0.6) is 5.06 Å². The average Bonchev–Trinajstić information content (AvgIpc) is 2.93. The number of hydrogen-bond donors (Lipinski definition) is 1. The quantitative estimate of drug-likeness (QED) is 0.671. The van der Waals surface area contributed by atoms with Crippen molar-refractivity contribution >= 4 is 32.5 Å². The molecule has 0 saturated carbocycles. The highest BCUT2D eigenvalue weighted by Gasteiger charge is 2.18. The number of benzene rings is 2. The highest BCUT2D eigenvalue weighted by Crippen LogP contribution is 2.32. The van der Waals surface area contributed by atoms with E-state index in [9.17, 15) is 13.2 Å². The normalized spacial score (nSPS) is 11.2. The van der Waals surface area contributed by atoms with Gasteiger partial charge < -0.3 is 4.74 Å². The molecule has 2 aromatic carbocycles. The number of carbonyl (C=O) groups excluding carboxylic acids is 1. The van der Waals surface area contributed by atoms with Crippen molar-refractivity contribution in [2.75, 3.05) is 4.72 Å². The van der Waals surface area contributed by atoms with Gasteiger partial charge in [-0.25, -0.2) is 13.4 Å². The zero-order valence-corrected chi connectivity index (χ0v) is 15.7. The van der Waals surface area contributed by atoms with E-state index in [-0.39, 0.29) is 15.1 Å². The van der Waals surface area contributed by atoms with Crippen LogP contribution in [0, 0.1) is 6.92 Å². The Balaban J connectivity index is 1.81. The van der Waals surface area contributed by atoms with Crippen molar-refractivity contribution in [2.24, 2.45) is 0 Å². The van der Waals surface area contributed by atoms with Crippen LogP contribution < -0.4 is 9.46 Å². The molecule has 0 bridgehead atoms. The third kappa shape index (κ3) is 4.09. The van der Waals surface area contributed by atoms with Crippen LogP contribution in [0.1, 0.15) is 12.6 Å². The van der Waals surface area contributed by atoms with Crippen LogP contribution in [0.4, 0.5) is 5.13 Å². The number of nitrogens with one attached hydrogen (secondary N) is 1. The van der Waals surface area contributed by atoms with Crippen LogP contribution in [0.3, 0.4) is 0 Å². The third-order valence-electron chi connectivity index (χ3n) is 3.48. The van der Waals surface area contributed by atoms with E-state index >= 15 is 0 Å². The van der Waals surface area contributed by atoms with Crippen LogP contribution in [0.15, 0.2) is 59.5 Å². The highest BCUT2D eigenvalue weighted by atomic mass is 32.2. The maximum absolute atomic E-state index is 12.5. The van der Waals surface area contributed by atoms with Crippen LogP contribution >= 0.6 is 11.3 Å².